The topological polar surface area (TPSA) is 76.0 Å². The molecule has 7 heteroatoms. The molecule has 1 aliphatic rings. The Kier molecular flexibility index (Phi) is 4.96. The molecular weight excluding hydrogens is 402 g/mol. The lowest BCUT2D eigenvalue weighted by Gasteiger charge is -2.27. The number of nitrogens with one attached hydrogen (secondary N) is 1. The molecule has 1 unspecified atom stereocenters. The van der Waals surface area contributed by atoms with Gasteiger partial charge in [-0.25, -0.2) is 4.98 Å². The van der Waals surface area contributed by atoms with Crippen molar-refractivity contribution in [3.05, 3.63) is 71.3 Å². The van der Waals surface area contributed by atoms with Crippen LogP contribution in [-0.4, -0.2) is 32.3 Å². The molecule has 1 amide bonds. The Hall–Kier alpha value is -3.61. The zero-order valence-corrected chi connectivity index (χ0v) is 18.8. The number of imidazole rings is 1. The van der Waals surface area contributed by atoms with Crippen molar-refractivity contribution in [2.24, 2.45) is 7.05 Å². The molecule has 0 fully saturated rings. The third kappa shape index (κ3) is 3.16. The van der Waals surface area contributed by atoms with Crippen LogP contribution in [0, 0.1) is 0 Å². The van der Waals surface area contributed by atoms with Gasteiger partial charge < -0.3 is 9.72 Å². The molecule has 0 saturated carbocycles. The molecule has 32 heavy (non-hydrogen) atoms. The fraction of sp³-hybridized carbons (Fsp3) is 0.320. The van der Waals surface area contributed by atoms with Gasteiger partial charge in [-0.05, 0) is 48.2 Å². The van der Waals surface area contributed by atoms with Crippen LogP contribution in [-0.2, 0) is 7.05 Å². The molecule has 1 N–H and O–H groups in total. The molecule has 1 aliphatic heterocycles. The molecule has 0 saturated heterocycles. The summed E-state index contributed by atoms with van der Waals surface area (Å²) in [6, 6.07) is 13.7. The predicted octanol–water partition coefficient (Wildman–Crippen LogP) is 4.96. The highest BCUT2D eigenvalue weighted by molar-refractivity contribution is 6.11. The Morgan fingerprint density at radius 1 is 1.16 bits per heavy atom. The number of aryl methyl sites for hydroxylation is 1. The average Bonchev–Trinajstić information content (AvgIpc) is 3.45. The highest BCUT2D eigenvalue weighted by Gasteiger charge is 2.44. The molecule has 0 radical (unpaired) electrons. The van der Waals surface area contributed by atoms with Crippen LogP contribution in [0.1, 0.15) is 66.5 Å². The SMILES string of the molecule is CCCOc1ccc(C2c3c(nn(C)c3C(C)C)C(=O)N2c2ccc3nc[nH]c3c2)cc1. The fourth-order valence-electron chi connectivity index (χ4n) is 4.65. The normalized spacial score (nSPS) is 15.7. The highest BCUT2D eigenvalue weighted by atomic mass is 16.5. The second-order valence-corrected chi connectivity index (χ2v) is 8.53. The lowest BCUT2D eigenvalue weighted by Crippen LogP contribution is -2.30. The summed E-state index contributed by atoms with van der Waals surface area (Å²) in [5.41, 5.74) is 6.20. The molecule has 0 aliphatic carbocycles. The first-order valence-electron chi connectivity index (χ1n) is 11.1. The number of H-pyrrole nitrogens is 1. The number of anilines is 1. The van der Waals surface area contributed by atoms with Gasteiger partial charge in [-0.3, -0.25) is 14.4 Å². The van der Waals surface area contributed by atoms with Crippen LogP contribution in [0.25, 0.3) is 11.0 Å². The van der Waals surface area contributed by atoms with E-state index in [0.717, 1.165) is 45.7 Å². The number of nitrogens with zero attached hydrogens (tertiary/aromatic N) is 4. The maximum atomic E-state index is 13.7. The molecule has 0 spiro atoms. The monoisotopic (exact) mass is 429 g/mol. The molecule has 7 nitrogen and oxygen atoms in total. The smallest absolute Gasteiger partial charge is 0.280 e. The lowest BCUT2D eigenvalue weighted by atomic mass is 9.94. The number of benzene rings is 2. The lowest BCUT2D eigenvalue weighted by molar-refractivity contribution is 0.0988. The number of carbonyl (C=O) groups excluding carboxylic acids is 1. The Balaban J connectivity index is 1.66. The zero-order chi connectivity index (χ0) is 22.4. The summed E-state index contributed by atoms with van der Waals surface area (Å²) in [4.78, 5) is 23.0. The molecule has 0 bridgehead atoms. The first-order valence-corrected chi connectivity index (χ1v) is 11.1. The molecule has 5 rings (SSSR count). The number of ether oxygens (including phenoxy) is 1. The number of amides is 1. The fourth-order valence-corrected chi connectivity index (χ4v) is 4.65. The van der Waals surface area contributed by atoms with Crippen LogP contribution >= 0.6 is 0 Å². The van der Waals surface area contributed by atoms with Gasteiger partial charge in [0.25, 0.3) is 5.91 Å². The Bertz CT molecular complexity index is 1290. The average molecular weight is 430 g/mol. The van der Waals surface area contributed by atoms with Crippen LogP contribution in [0.15, 0.2) is 48.8 Å². The molecular formula is C25H27N5O2. The van der Waals surface area contributed by atoms with Crippen molar-refractivity contribution in [2.45, 2.75) is 39.2 Å². The number of rotatable bonds is 6. The van der Waals surface area contributed by atoms with Crippen molar-refractivity contribution < 1.29 is 9.53 Å². The standard InChI is InChI=1S/C25H27N5O2/c1-5-12-32-18-9-6-16(7-10-18)24-21-22(28-29(4)23(21)15(2)3)25(31)30(24)17-8-11-19-20(13-17)27-14-26-19/h6-11,13-15,24H,5,12H2,1-4H3,(H,26,27). The third-order valence-electron chi connectivity index (χ3n) is 5.98. The minimum absolute atomic E-state index is 0.0855. The van der Waals surface area contributed by atoms with E-state index in [1.807, 2.05) is 47.0 Å². The van der Waals surface area contributed by atoms with Gasteiger partial charge in [0, 0.05) is 24.0 Å². The summed E-state index contributed by atoms with van der Waals surface area (Å²) < 4.78 is 7.63. The molecule has 164 valence electrons. The summed E-state index contributed by atoms with van der Waals surface area (Å²) in [7, 11) is 1.92. The second kappa shape index (κ2) is 7.82. The molecule has 2 aromatic carbocycles. The van der Waals surface area contributed by atoms with Crippen LogP contribution < -0.4 is 9.64 Å². The Labute approximate surface area is 187 Å². The van der Waals surface area contributed by atoms with Crippen LogP contribution in [0.3, 0.4) is 0 Å². The summed E-state index contributed by atoms with van der Waals surface area (Å²) >= 11 is 0. The first kappa shape index (κ1) is 20.3. The van der Waals surface area contributed by atoms with E-state index in [1.165, 1.54) is 0 Å². The van der Waals surface area contributed by atoms with Crippen LogP contribution in [0.2, 0.25) is 0 Å². The zero-order valence-electron chi connectivity index (χ0n) is 18.8. The maximum absolute atomic E-state index is 13.7. The van der Waals surface area contributed by atoms with Gasteiger partial charge in [-0.2, -0.15) is 5.10 Å². The van der Waals surface area contributed by atoms with E-state index in [4.69, 9.17) is 4.74 Å². The Morgan fingerprint density at radius 3 is 2.66 bits per heavy atom. The Morgan fingerprint density at radius 2 is 1.94 bits per heavy atom. The van der Waals surface area contributed by atoms with Gasteiger partial charge in [0.1, 0.15) is 5.75 Å². The summed E-state index contributed by atoms with van der Waals surface area (Å²) in [6.07, 6.45) is 2.62. The van der Waals surface area contributed by atoms with E-state index >= 15 is 0 Å². The van der Waals surface area contributed by atoms with Gasteiger partial charge in [0.15, 0.2) is 5.69 Å². The number of hydrogen-bond acceptors (Lipinski definition) is 4. The van der Waals surface area contributed by atoms with Crippen molar-refractivity contribution in [3.63, 3.8) is 0 Å². The van der Waals surface area contributed by atoms with Crippen molar-refractivity contribution >= 4 is 22.6 Å². The minimum atomic E-state index is -0.260. The number of aromatic nitrogens is 4. The van der Waals surface area contributed by atoms with E-state index < -0.39 is 0 Å². The minimum Gasteiger partial charge on any atom is -0.494 e. The van der Waals surface area contributed by atoms with E-state index in [9.17, 15) is 4.79 Å². The number of carbonyl (C=O) groups is 1. The number of aromatic amines is 1. The van der Waals surface area contributed by atoms with Crippen LogP contribution in [0.4, 0.5) is 5.69 Å². The largest absolute Gasteiger partial charge is 0.494 e. The maximum Gasteiger partial charge on any atom is 0.280 e. The first-order chi connectivity index (χ1) is 15.5. The molecule has 3 heterocycles. The quantitative estimate of drug-likeness (QED) is 0.470. The van der Waals surface area contributed by atoms with E-state index in [-0.39, 0.29) is 17.9 Å². The van der Waals surface area contributed by atoms with Crippen LogP contribution in [0.5, 0.6) is 5.75 Å². The molecule has 4 aromatic rings. The number of hydrogen-bond donors (Lipinski definition) is 1. The van der Waals surface area contributed by atoms with Gasteiger partial charge in [-0.1, -0.05) is 32.9 Å². The summed E-state index contributed by atoms with van der Waals surface area (Å²) in [5.74, 6) is 0.979. The van der Waals surface area contributed by atoms with Gasteiger partial charge in [-0.15, -0.1) is 0 Å². The van der Waals surface area contributed by atoms with E-state index in [1.54, 1.807) is 6.33 Å². The number of fused-ring (bicyclic) bond motifs is 2. The van der Waals surface area contributed by atoms with E-state index in [0.29, 0.717) is 12.3 Å². The molecule has 1 atom stereocenters. The third-order valence-corrected chi connectivity index (χ3v) is 5.98. The van der Waals surface area contributed by atoms with E-state index in [2.05, 4.69) is 48.0 Å². The molecule has 2 aromatic heterocycles. The summed E-state index contributed by atoms with van der Waals surface area (Å²) in [5, 5.41) is 4.64. The summed E-state index contributed by atoms with van der Waals surface area (Å²) in [6.45, 7) is 7.05. The second-order valence-electron chi connectivity index (χ2n) is 8.53. The van der Waals surface area contributed by atoms with Gasteiger partial charge in [0.05, 0.1) is 30.0 Å². The van der Waals surface area contributed by atoms with Crippen molar-refractivity contribution in [1.82, 2.24) is 19.7 Å². The van der Waals surface area contributed by atoms with Gasteiger partial charge >= 0.3 is 0 Å². The predicted molar refractivity (Wildman–Crippen MR) is 124 cm³/mol. The highest BCUT2D eigenvalue weighted by Crippen LogP contribution is 2.45. The van der Waals surface area contributed by atoms with Crippen molar-refractivity contribution in [1.29, 1.82) is 0 Å². The van der Waals surface area contributed by atoms with Crippen molar-refractivity contribution in [3.8, 4) is 5.75 Å². The van der Waals surface area contributed by atoms with Crippen molar-refractivity contribution in [2.75, 3.05) is 11.5 Å². The van der Waals surface area contributed by atoms with Gasteiger partial charge in [0.2, 0.25) is 0 Å².